The number of hydrogen-bond donors (Lipinski definition) is 2. The van der Waals surface area contributed by atoms with Crippen molar-refractivity contribution in [2.75, 3.05) is 19.1 Å². The molecule has 0 unspecified atom stereocenters. The van der Waals surface area contributed by atoms with Gasteiger partial charge in [0.2, 0.25) is 5.91 Å². The zero-order valence-electron chi connectivity index (χ0n) is 20.5. The Bertz CT molecular complexity index is 1060. The van der Waals surface area contributed by atoms with Gasteiger partial charge >= 0.3 is 6.09 Å². The first-order valence-electron chi connectivity index (χ1n) is 11.9. The van der Waals surface area contributed by atoms with Gasteiger partial charge in [-0.1, -0.05) is 42.3 Å². The highest BCUT2D eigenvalue weighted by Gasteiger charge is 2.50. The first-order valence-corrected chi connectivity index (χ1v) is 12.3. The first kappa shape index (κ1) is 25.5. The molecule has 0 saturated carbocycles. The number of alkyl carbamates (subject to hydrolysis) is 1. The molecule has 2 amide bonds. The Kier molecular flexibility index (Phi) is 7.45. The fraction of sp³-hybridized carbons (Fsp3) is 0.538. The van der Waals surface area contributed by atoms with Crippen LogP contribution >= 0.6 is 11.6 Å². The number of nitrogens with one attached hydrogen (secondary N) is 1. The molecular formula is C26H33ClN2O6. The second kappa shape index (κ2) is 10.2. The van der Waals surface area contributed by atoms with Gasteiger partial charge in [0.25, 0.3) is 0 Å². The molecule has 0 spiro atoms. The summed E-state index contributed by atoms with van der Waals surface area (Å²) in [5, 5.41) is 14.0. The molecule has 3 aliphatic rings. The second-order valence-electron chi connectivity index (χ2n) is 9.75. The van der Waals surface area contributed by atoms with Crippen LogP contribution in [0.3, 0.4) is 0 Å². The van der Waals surface area contributed by atoms with E-state index >= 15 is 0 Å². The molecule has 0 aliphatic carbocycles. The molecule has 3 heterocycles. The van der Waals surface area contributed by atoms with Crippen LogP contribution in [0.25, 0.3) is 0 Å². The van der Waals surface area contributed by atoms with Gasteiger partial charge < -0.3 is 24.2 Å². The number of aliphatic hydroxyl groups is 1. The van der Waals surface area contributed by atoms with Crippen LogP contribution in [0, 0.1) is 5.92 Å². The van der Waals surface area contributed by atoms with Crippen molar-refractivity contribution in [3.8, 4) is 5.75 Å². The number of amides is 2. The Morgan fingerprint density at radius 2 is 2.06 bits per heavy atom. The van der Waals surface area contributed by atoms with Gasteiger partial charge in [0, 0.05) is 32.2 Å². The van der Waals surface area contributed by atoms with Gasteiger partial charge in [-0.25, -0.2) is 4.79 Å². The Morgan fingerprint density at radius 1 is 1.29 bits per heavy atom. The lowest BCUT2D eigenvalue weighted by atomic mass is 9.89. The molecule has 1 aromatic rings. The number of fused-ring (bicyclic) bond motifs is 5. The number of hydrogen-bond acceptors (Lipinski definition) is 6. The maximum Gasteiger partial charge on any atom is 0.409 e. The number of rotatable bonds is 1. The van der Waals surface area contributed by atoms with Gasteiger partial charge in [0.1, 0.15) is 22.6 Å². The number of epoxide rings is 1. The summed E-state index contributed by atoms with van der Waals surface area (Å²) in [5.41, 5.74) is 1.23. The fourth-order valence-electron chi connectivity index (χ4n) is 4.85. The molecule has 1 aromatic carbocycles. The van der Waals surface area contributed by atoms with Crippen LogP contribution in [-0.2, 0) is 20.7 Å². The van der Waals surface area contributed by atoms with E-state index in [4.69, 9.17) is 25.8 Å². The number of benzene rings is 1. The molecule has 2 saturated heterocycles. The zero-order valence-corrected chi connectivity index (χ0v) is 21.3. The molecule has 9 heteroatoms. The largest absolute Gasteiger partial charge is 0.495 e. The van der Waals surface area contributed by atoms with Gasteiger partial charge in [0.05, 0.1) is 25.0 Å². The monoisotopic (exact) mass is 504 g/mol. The highest BCUT2D eigenvalue weighted by Crippen LogP contribution is 2.40. The summed E-state index contributed by atoms with van der Waals surface area (Å²) >= 11 is 6.56. The van der Waals surface area contributed by atoms with Crippen LogP contribution in [0.5, 0.6) is 5.75 Å². The van der Waals surface area contributed by atoms with Crippen molar-refractivity contribution in [2.45, 2.75) is 70.0 Å². The average molecular weight is 505 g/mol. The molecule has 190 valence electrons. The van der Waals surface area contributed by atoms with Crippen LogP contribution in [-0.4, -0.2) is 55.3 Å². The van der Waals surface area contributed by atoms with E-state index in [2.05, 4.69) is 5.32 Å². The minimum absolute atomic E-state index is 0.0798. The number of allylic oxidation sites excluding steroid dienone is 3. The standard InChI is InChI=1S/C26H33ClN2O6/c1-15-7-5-6-10-26(32)14-21(35-25(31)28-26)16(2)24-19(34-24)8-9-22(30)29(3)18-12-17(11-15)13-20(33-4)23(18)27/h5-7,12-13,16,19,21,24,32H,8-11,14H2,1-4H3,(H,28,31)/b6-5+,15-7+/t16-,19+,21+,24+,26-/m1/s1. The predicted octanol–water partition coefficient (Wildman–Crippen LogP) is 4.13. The number of carbonyl (C=O) groups is 2. The summed E-state index contributed by atoms with van der Waals surface area (Å²) < 4.78 is 16.8. The molecular weight excluding hydrogens is 472 g/mol. The van der Waals surface area contributed by atoms with Crippen LogP contribution in [0.4, 0.5) is 10.5 Å². The van der Waals surface area contributed by atoms with Gasteiger partial charge in [0.15, 0.2) is 0 Å². The molecule has 5 atom stereocenters. The summed E-state index contributed by atoms with van der Waals surface area (Å²) in [6.07, 6.45) is 6.25. The van der Waals surface area contributed by atoms with E-state index in [0.717, 1.165) is 11.1 Å². The number of methoxy groups -OCH3 is 1. The van der Waals surface area contributed by atoms with Crippen LogP contribution in [0.1, 0.15) is 45.1 Å². The molecule has 3 aliphatic heterocycles. The molecule has 4 bridgehead atoms. The lowest BCUT2D eigenvalue weighted by Crippen LogP contribution is -2.57. The quantitative estimate of drug-likeness (QED) is 0.558. The third-order valence-electron chi connectivity index (χ3n) is 6.99. The topological polar surface area (TPSA) is 101 Å². The molecule has 0 aromatic heterocycles. The summed E-state index contributed by atoms with van der Waals surface area (Å²) in [4.78, 5) is 26.8. The summed E-state index contributed by atoms with van der Waals surface area (Å²) in [6, 6.07) is 3.79. The lowest BCUT2D eigenvalue weighted by Gasteiger charge is -2.38. The van der Waals surface area contributed by atoms with E-state index in [-0.39, 0.29) is 43.3 Å². The van der Waals surface area contributed by atoms with E-state index in [9.17, 15) is 14.7 Å². The number of ether oxygens (including phenoxy) is 3. The molecule has 35 heavy (non-hydrogen) atoms. The fourth-order valence-corrected chi connectivity index (χ4v) is 5.16. The number of carbonyl (C=O) groups excluding carboxylic acids is 2. The molecule has 2 fully saturated rings. The number of anilines is 1. The molecule has 8 nitrogen and oxygen atoms in total. The number of halogens is 1. The minimum atomic E-state index is -1.39. The van der Waals surface area contributed by atoms with Gasteiger partial charge in [-0.05, 0) is 37.5 Å². The van der Waals surface area contributed by atoms with Crippen LogP contribution < -0.4 is 15.0 Å². The molecule has 4 rings (SSSR count). The maximum atomic E-state index is 13.0. The van der Waals surface area contributed by atoms with Crippen LogP contribution in [0.15, 0.2) is 35.9 Å². The van der Waals surface area contributed by atoms with Crippen molar-refractivity contribution in [3.05, 3.63) is 46.5 Å². The average Bonchev–Trinajstić information content (AvgIpc) is 3.59. The SMILES string of the molecule is COc1cc2cc(c1Cl)N(C)C(=O)CC[C@@H]1O[C@H]1[C@H](C)[C@@H]1C[C@](O)(C/C=C/C=C(\C)C2)NC(=O)O1. The highest BCUT2D eigenvalue weighted by atomic mass is 35.5. The van der Waals surface area contributed by atoms with E-state index in [1.54, 1.807) is 19.1 Å². The normalized spacial score (nSPS) is 34.1. The Hall–Kier alpha value is -2.55. The third kappa shape index (κ3) is 5.82. The van der Waals surface area contributed by atoms with Crippen molar-refractivity contribution in [1.82, 2.24) is 5.32 Å². The first-order chi connectivity index (χ1) is 16.6. The number of nitrogens with zero attached hydrogens (tertiary/aromatic N) is 1. The van der Waals surface area contributed by atoms with E-state index in [0.29, 0.717) is 29.3 Å². The predicted molar refractivity (Wildman–Crippen MR) is 133 cm³/mol. The van der Waals surface area contributed by atoms with Crippen molar-refractivity contribution in [1.29, 1.82) is 0 Å². The zero-order chi connectivity index (χ0) is 25.3. The Morgan fingerprint density at radius 3 is 2.80 bits per heavy atom. The molecule has 0 radical (unpaired) electrons. The smallest absolute Gasteiger partial charge is 0.409 e. The summed E-state index contributed by atoms with van der Waals surface area (Å²) in [5.74, 6) is 0.315. The van der Waals surface area contributed by atoms with Gasteiger partial charge in [-0.15, -0.1) is 0 Å². The van der Waals surface area contributed by atoms with Crippen molar-refractivity contribution >= 4 is 29.3 Å². The van der Waals surface area contributed by atoms with Crippen LogP contribution in [0.2, 0.25) is 5.02 Å². The lowest BCUT2D eigenvalue weighted by molar-refractivity contribution is -0.118. The van der Waals surface area contributed by atoms with E-state index in [1.807, 2.05) is 44.2 Å². The third-order valence-corrected chi connectivity index (χ3v) is 7.37. The highest BCUT2D eigenvalue weighted by molar-refractivity contribution is 6.35. The van der Waals surface area contributed by atoms with Crippen molar-refractivity contribution < 1.29 is 28.9 Å². The van der Waals surface area contributed by atoms with Gasteiger partial charge in [-0.3, -0.25) is 10.1 Å². The van der Waals surface area contributed by atoms with Gasteiger partial charge in [-0.2, -0.15) is 0 Å². The second-order valence-corrected chi connectivity index (χ2v) is 10.1. The van der Waals surface area contributed by atoms with E-state index < -0.39 is 17.9 Å². The Labute approximate surface area is 210 Å². The van der Waals surface area contributed by atoms with Crippen molar-refractivity contribution in [2.24, 2.45) is 5.92 Å². The Balaban J connectivity index is 1.63. The van der Waals surface area contributed by atoms with E-state index in [1.165, 1.54) is 0 Å². The summed E-state index contributed by atoms with van der Waals surface area (Å²) in [7, 11) is 3.27. The van der Waals surface area contributed by atoms with Crippen molar-refractivity contribution in [3.63, 3.8) is 0 Å². The summed E-state index contributed by atoms with van der Waals surface area (Å²) in [6.45, 7) is 3.95. The molecule has 2 N–H and O–H groups in total. The minimum Gasteiger partial charge on any atom is -0.495 e. The maximum absolute atomic E-state index is 13.0.